The first-order chi connectivity index (χ1) is 10.0. The second-order valence-electron chi connectivity index (χ2n) is 6.32. The van der Waals surface area contributed by atoms with Crippen LogP contribution in [-0.4, -0.2) is 20.6 Å². The summed E-state index contributed by atoms with van der Waals surface area (Å²) < 4.78 is 2.08. The van der Waals surface area contributed by atoms with Crippen LogP contribution in [0.25, 0.3) is 11.0 Å². The zero-order valence-corrected chi connectivity index (χ0v) is 12.8. The molecule has 2 aromatic rings. The fourth-order valence-corrected chi connectivity index (χ4v) is 3.69. The lowest BCUT2D eigenvalue weighted by Gasteiger charge is -2.15. The average molecular weight is 286 g/mol. The fraction of sp³-hybridized carbons (Fsp3) is 0.529. The SMILES string of the molecule is CCC1CC(C(=O)O)C(c2nc3cc(C)ccc3n2C)C1. The minimum atomic E-state index is -0.681. The molecule has 4 nitrogen and oxygen atoms in total. The molecule has 1 saturated carbocycles. The van der Waals surface area contributed by atoms with E-state index in [-0.39, 0.29) is 11.8 Å². The lowest BCUT2D eigenvalue weighted by molar-refractivity contribution is -0.142. The summed E-state index contributed by atoms with van der Waals surface area (Å²) >= 11 is 0. The minimum absolute atomic E-state index is 0.0326. The smallest absolute Gasteiger partial charge is 0.307 e. The van der Waals surface area contributed by atoms with Gasteiger partial charge in [0, 0.05) is 13.0 Å². The molecule has 1 aliphatic carbocycles. The topological polar surface area (TPSA) is 55.1 Å². The lowest BCUT2D eigenvalue weighted by Crippen LogP contribution is -2.19. The Morgan fingerprint density at radius 3 is 2.86 bits per heavy atom. The fourth-order valence-electron chi connectivity index (χ4n) is 3.69. The molecular weight excluding hydrogens is 264 g/mol. The van der Waals surface area contributed by atoms with E-state index in [2.05, 4.69) is 36.6 Å². The maximum Gasteiger partial charge on any atom is 0.307 e. The van der Waals surface area contributed by atoms with Gasteiger partial charge in [0.05, 0.1) is 17.0 Å². The standard InChI is InChI=1S/C17H22N2O2/c1-4-11-8-12(13(9-11)17(20)21)16-18-14-7-10(2)5-6-15(14)19(16)3/h5-7,11-13H,4,8-9H2,1-3H3,(H,20,21). The number of fused-ring (bicyclic) bond motifs is 1. The van der Waals surface area contributed by atoms with Gasteiger partial charge in [0.15, 0.2) is 0 Å². The molecule has 0 radical (unpaired) electrons. The summed E-state index contributed by atoms with van der Waals surface area (Å²) in [6.45, 7) is 4.20. The van der Waals surface area contributed by atoms with Crippen LogP contribution in [0.1, 0.15) is 43.5 Å². The molecule has 0 aliphatic heterocycles. The Bertz CT molecular complexity index is 689. The second kappa shape index (κ2) is 5.17. The number of hydrogen-bond acceptors (Lipinski definition) is 2. The highest BCUT2D eigenvalue weighted by Gasteiger charge is 2.41. The van der Waals surface area contributed by atoms with Crippen LogP contribution >= 0.6 is 0 Å². The van der Waals surface area contributed by atoms with E-state index in [9.17, 15) is 9.90 Å². The van der Waals surface area contributed by atoms with Crippen molar-refractivity contribution in [3.63, 3.8) is 0 Å². The van der Waals surface area contributed by atoms with E-state index in [1.807, 2.05) is 7.05 Å². The van der Waals surface area contributed by atoms with E-state index >= 15 is 0 Å². The van der Waals surface area contributed by atoms with E-state index in [1.165, 1.54) is 5.56 Å². The molecule has 0 spiro atoms. The number of rotatable bonds is 3. The van der Waals surface area contributed by atoms with Crippen molar-refractivity contribution < 1.29 is 9.90 Å². The normalized spacial score (nSPS) is 25.6. The lowest BCUT2D eigenvalue weighted by atomic mass is 9.95. The Kier molecular flexibility index (Phi) is 3.47. The summed E-state index contributed by atoms with van der Waals surface area (Å²) in [6, 6.07) is 6.22. The molecule has 1 aromatic heterocycles. The van der Waals surface area contributed by atoms with Gasteiger partial charge in [0.1, 0.15) is 5.82 Å². The van der Waals surface area contributed by atoms with Gasteiger partial charge >= 0.3 is 5.97 Å². The van der Waals surface area contributed by atoms with Crippen LogP contribution in [0.5, 0.6) is 0 Å². The summed E-state index contributed by atoms with van der Waals surface area (Å²) in [7, 11) is 2.00. The van der Waals surface area contributed by atoms with Crippen molar-refractivity contribution >= 4 is 17.0 Å². The van der Waals surface area contributed by atoms with Gasteiger partial charge < -0.3 is 9.67 Å². The second-order valence-corrected chi connectivity index (χ2v) is 6.32. The van der Waals surface area contributed by atoms with E-state index in [0.29, 0.717) is 5.92 Å². The number of carbonyl (C=O) groups is 1. The van der Waals surface area contributed by atoms with Gasteiger partial charge in [-0.05, 0) is 43.4 Å². The van der Waals surface area contributed by atoms with Crippen LogP contribution in [0, 0.1) is 18.8 Å². The molecule has 1 aliphatic rings. The average Bonchev–Trinajstić information content (AvgIpc) is 3.00. The zero-order chi connectivity index (χ0) is 15.1. The van der Waals surface area contributed by atoms with Crippen molar-refractivity contribution in [2.24, 2.45) is 18.9 Å². The van der Waals surface area contributed by atoms with E-state index in [1.54, 1.807) is 0 Å². The summed E-state index contributed by atoms with van der Waals surface area (Å²) in [6.07, 6.45) is 2.76. The largest absolute Gasteiger partial charge is 0.481 e. The predicted octanol–water partition coefficient (Wildman–Crippen LogP) is 3.49. The monoisotopic (exact) mass is 286 g/mol. The summed E-state index contributed by atoms with van der Waals surface area (Å²) in [4.78, 5) is 16.3. The van der Waals surface area contributed by atoms with Gasteiger partial charge in [-0.3, -0.25) is 4.79 Å². The molecule has 21 heavy (non-hydrogen) atoms. The van der Waals surface area contributed by atoms with Crippen LogP contribution in [0.15, 0.2) is 18.2 Å². The van der Waals surface area contributed by atoms with Crippen molar-refractivity contribution in [1.82, 2.24) is 9.55 Å². The number of hydrogen-bond donors (Lipinski definition) is 1. The molecule has 0 amide bonds. The third kappa shape index (κ3) is 2.33. The molecule has 3 unspecified atom stereocenters. The quantitative estimate of drug-likeness (QED) is 0.939. The molecule has 1 fully saturated rings. The molecule has 3 atom stereocenters. The third-order valence-electron chi connectivity index (χ3n) is 4.96. The Labute approximate surface area is 124 Å². The van der Waals surface area contributed by atoms with Crippen LogP contribution < -0.4 is 0 Å². The minimum Gasteiger partial charge on any atom is -0.481 e. The first-order valence-corrected chi connectivity index (χ1v) is 7.67. The number of nitrogens with zero attached hydrogens (tertiary/aromatic N) is 2. The van der Waals surface area contributed by atoms with Crippen molar-refractivity contribution in [3.05, 3.63) is 29.6 Å². The van der Waals surface area contributed by atoms with Gasteiger partial charge in [0.2, 0.25) is 0 Å². The van der Waals surface area contributed by atoms with Gasteiger partial charge in [-0.2, -0.15) is 0 Å². The zero-order valence-electron chi connectivity index (χ0n) is 12.8. The number of benzene rings is 1. The first-order valence-electron chi connectivity index (χ1n) is 7.67. The van der Waals surface area contributed by atoms with Crippen LogP contribution in [0.4, 0.5) is 0 Å². The van der Waals surface area contributed by atoms with Crippen LogP contribution in [0.2, 0.25) is 0 Å². The number of carboxylic acids is 1. The van der Waals surface area contributed by atoms with Crippen LogP contribution in [0.3, 0.4) is 0 Å². The number of aliphatic carboxylic acids is 1. The molecule has 0 saturated heterocycles. The number of imidazole rings is 1. The molecule has 3 rings (SSSR count). The van der Waals surface area contributed by atoms with Crippen molar-refractivity contribution in [2.75, 3.05) is 0 Å². The van der Waals surface area contributed by atoms with E-state index in [0.717, 1.165) is 36.1 Å². The van der Waals surface area contributed by atoms with Gasteiger partial charge in [-0.15, -0.1) is 0 Å². The predicted molar refractivity (Wildman–Crippen MR) is 82.3 cm³/mol. The van der Waals surface area contributed by atoms with Gasteiger partial charge in [-0.1, -0.05) is 19.4 Å². The highest BCUT2D eigenvalue weighted by Crippen LogP contribution is 2.44. The van der Waals surface area contributed by atoms with Crippen molar-refractivity contribution in [3.8, 4) is 0 Å². The Balaban J connectivity index is 2.06. The molecule has 0 bridgehead atoms. The Hall–Kier alpha value is -1.84. The molecular formula is C17H22N2O2. The number of carboxylic acid groups (broad SMARTS) is 1. The summed E-state index contributed by atoms with van der Waals surface area (Å²) in [5.74, 6) is 0.479. The molecule has 112 valence electrons. The Morgan fingerprint density at radius 1 is 1.43 bits per heavy atom. The highest BCUT2D eigenvalue weighted by molar-refractivity contribution is 5.77. The van der Waals surface area contributed by atoms with Gasteiger partial charge in [-0.25, -0.2) is 4.98 Å². The maximum absolute atomic E-state index is 11.6. The third-order valence-corrected chi connectivity index (χ3v) is 4.96. The molecule has 1 heterocycles. The molecule has 4 heteroatoms. The van der Waals surface area contributed by atoms with E-state index < -0.39 is 5.97 Å². The molecule has 1 N–H and O–H groups in total. The first kappa shape index (κ1) is 14.1. The van der Waals surface area contributed by atoms with Crippen molar-refractivity contribution in [1.29, 1.82) is 0 Å². The van der Waals surface area contributed by atoms with Crippen molar-refractivity contribution in [2.45, 2.75) is 39.0 Å². The summed E-state index contributed by atoms with van der Waals surface area (Å²) in [5.41, 5.74) is 3.23. The summed E-state index contributed by atoms with van der Waals surface area (Å²) in [5, 5.41) is 9.53. The van der Waals surface area contributed by atoms with Crippen LogP contribution in [-0.2, 0) is 11.8 Å². The Morgan fingerprint density at radius 2 is 2.19 bits per heavy atom. The maximum atomic E-state index is 11.6. The molecule has 1 aromatic carbocycles. The number of aryl methyl sites for hydroxylation is 2. The van der Waals surface area contributed by atoms with Gasteiger partial charge in [0.25, 0.3) is 0 Å². The van der Waals surface area contributed by atoms with E-state index in [4.69, 9.17) is 4.98 Å². The number of aromatic nitrogens is 2. The highest BCUT2D eigenvalue weighted by atomic mass is 16.4.